The maximum absolute atomic E-state index is 13.1. The Kier molecular flexibility index (Phi) is 5.38. The lowest BCUT2D eigenvalue weighted by atomic mass is 10.1. The van der Waals surface area contributed by atoms with Gasteiger partial charge in [0.25, 0.3) is 5.91 Å². The first-order valence-electron chi connectivity index (χ1n) is 10.1. The summed E-state index contributed by atoms with van der Waals surface area (Å²) < 4.78 is 29.3. The minimum Gasteiger partial charge on any atom is -0.347 e. The molecule has 30 heavy (non-hydrogen) atoms. The van der Waals surface area contributed by atoms with Crippen molar-refractivity contribution in [3.63, 3.8) is 0 Å². The zero-order valence-electron chi connectivity index (χ0n) is 17.4. The third-order valence-electron chi connectivity index (χ3n) is 5.90. The lowest BCUT2D eigenvalue weighted by Crippen LogP contribution is -2.29. The molecule has 0 saturated carbocycles. The van der Waals surface area contributed by atoms with Crippen molar-refractivity contribution in [1.29, 1.82) is 0 Å². The number of pyridine rings is 1. The predicted octanol–water partition coefficient (Wildman–Crippen LogP) is 2.84. The van der Waals surface area contributed by atoms with Gasteiger partial charge >= 0.3 is 0 Å². The van der Waals surface area contributed by atoms with E-state index in [0.29, 0.717) is 36.9 Å². The van der Waals surface area contributed by atoms with Crippen LogP contribution in [0.25, 0.3) is 10.9 Å². The highest BCUT2D eigenvalue weighted by Crippen LogP contribution is 2.28. The summed E-state index contributed by atoms with van der Waals surface area (Å²) >= 11 is 0. The van der Waals surface area contributed by atoms with E-state index < -0.39 is 10.0 Å². The van der Waals surface area contributed by atoms with E-state index >= 15 is 0 Å². The minimum atomic E-state index is -3.61. The average Bonchev–Trinajstić information content (AvgIpc) is 3.31. The summed E-state index contributed by atoms with van der Waals surface area (Å²) in [5.74, 6) is 0.0412. The van der Waals surface area contributed by atoms with Gasteiger partial charge < -0.3 is 9.88 Å². The van der Waals surface area contributed by atoms with Crippen molar-refractivity contribution in [3.05, 3.63) is 59.5 Å². The van der Waals surface area contributed by atoms with Crippen LogP contribution in [-0.4, -0.2) is 41.3 Å². The topological polar surface area (TPSA) is 84.3 Å². The normalized spacial score (nSPS) is 17.5. The fraction of sp³-hybridized carbons (Fsp3) is 0.364. The predicted molar refractivity (Wildman–Crippen MR) is 116 cm³/mol. The van der Waals surface area contributed by atoms with Gasteiger partial charge in [0, 0.05) is 44.0 Å². The molecular formula is C22H26N4O3S. The van der Waals surface area contributed by atoms with Crippen LogP contribution in [0.15, 0.2) is 47.5 Å². The van der Waals surface area contributed by atoms with Crippen molar-refractivity contribution in [2.45, 2.75) is 31.7 Å². The zero-order chi connectivity index (χ0) is 21.5. The first kappa shape index (κ1) is 20.6. The highest BCUT2D eigenvalue weighted by molar-refractivity contribution is 7.89. The van der Waals surface area contributed by atoms with Gasteiger partial charge in [-0.05, 0) is 43.0 Å². The van der Waals surface area contributed by atoms with Crippen LogP contribution in [0.3, 0.4) is 0 Å². The Balaban J connectivity index is 1.57. The van der Waals surface area contributed by atoms with Gasteiger partial charge in [-0.25, -0.2) is 8.42 Å². The van der Waals surface area contributed by atoms with E-state index in [4.69, 9.17) is 0 Å². The molecule has 1 aliphatic rings. The van der Waals surface area contributed by atoms with Crippen molar-refractivity contribution in [2.24, 2.45) is 13.0 Å². The third-order valence-corrected chi connectivity index (χ3v) is 7.88. The third kappa shape index (κ3) is 3.61. The lowest BCUT2D eigenvalue weighted by Gasteiger charge is -2.15. The molecule has 3 heterocycles. The number of fused-ring (bicyclic) bond motifs is 1. The van der Waals surface area contributed by atoms with Crippen LogP contribution in [0, 0.1) is 12.8 Å². The van der Waals surface area contributed by atoms with Crippen LogP contribution in [0.1, 0.15) is 35.1 Å². The van der Waals surface area contributed by atoms with Crippen LogP contribution in [0.5, 0.6) is 0 Å². The molecule has 1 aliphatic heterocycles. The van der Waals surface area contributed by atoms with Gasteiger partial charge in [-0.1, -0.05) is 25.1 Å². The molecule has 1 fully saturated rings. The number of nitrogens with zero attached hydrogens (tertiary/aromatic N) is 3. The molecule has 2 aromatic heterocycles. The fourth-order valence-electron chi connectivity index (χ4n) is 3.99. The molecule has 0 bridgehead atoms. The van der Waals surface area contributed by atoms with Crippen molar-refractivity contribution in [2.75, 3.05) is 13.1 Å². The van der Waals surface area contributed by atoms with Gasteiger partial charge in [0.15, 0.2) is 0 Å². The number of carbonyl (C=O) groups excluding carboxylic acids is 1. The fourth-order valence-corrected chi connectivity index (χ4v) is 5.84. The number of amides is 1. The molecule has 3 aromatic rings. The number of hydrogen-bond donors (Lipinski definition) is 1. The number of rotatable bonds is 5. The summed E-state index contributed by atoms with van der Waals surface area (Å²) in [6, 6.07) is 11.1. The van der Waals surface area contributed by atoms with Gasteiger partial charge in [-0.3, -0.25) is 9.78 Å². The summed E-state index contributed by atoms with van der Waals surface area (Å²) in [4.78, 5) is 17.4. The number of aromatic nitrogens is 2. The maximum Gasteiger partial charge on any atom is 0.268 e. The molecule has 0 radical (unpaired) electrons. The van der Waals surface area contributed by atoms with E-state index in [-0.39, 0.29) is 10.8 Å². The highest BCUT2D eigenvalue weighted by Gasteiger charge is 2.33. The van der Waals surface area contributed by atoms with E-state index in [1.165, 1.54) is 10.4 Å². The number of carbonyl (C=O) groups is 1. The van der Waals surface area contributed by atoms with E-state index in [1.54, 1.807) is 24.7 Å². The zero-order valence-corrected chi connectivity index (χ0v) is 18.2. The van der Waals surface area contributed by atoms with Gasteiger partial charge in [-0.15, -0.1) is 0 Å². The summed E-state index contributed by atoms with van der Waals surface area (Å²) in [7, 11) is -1.89. The van der Waals surface area contributed by atoms with Crippen molar-refractivity contribution in [3.8, 4) is 0 Å². The molecule has 1 N–H and O–H groups in total. The van der Waals surface area contributed by atoms with Crippen LogP contribution in [0.4, 0.5) is 0 Å². The standard InChI is InChI=1S/C22H26N4O3S/c1-15-9-11-26(14-15)30(28,29)21-12-20(25(3)16(21)2)22(27)24-13-17-6-4-8-19-18(17)7-5-10-23-19/h4-8,10,12,15H,9,11,13-14H2,1-3H3,(H,24,27)/t15-/m0/s1. The van der Waals surface area contributed by atoms with Crippen LogP contribution >= 0.6 is 0 Å². The monoisotopic (exact) mass is 426 g/mol. The lowest BCUT2D eigenvalue weighted by molar-refractivity contribution is 0.0942. The van der Waals surface area contributed by atoms with Gasteiger partial charge in [0.05, 0.1) is 5.52 Å². The Labute approximate surface area is 176 Å². The maximum atomic E-state index is 13.1. The summed E-state index contributed by atoms with van der Waals surface area (Å²) in [6.07, 6.45) is 2.60. The van der Waals surface area contributed by atoms with Crippen molar-refractivity contribution < 1.29 is 13.2 Å². The average molecular weight is 427 g/mol. The Bertz CT molecular complexity index is 1210. The van der Waals surface area contributed by atoms with E-state index in [2.05, 4.69) is 17.2 Å². The number of sulfonamides is 1. The summed E-state index contributed by atoms with van der Waals surface area (Å²) in [6.45, 7) is 5.16. The van der Waals surface area contributed by atoms with Gasteiger partial charge in [-0.2, -0.15) is 4.31 Å². The summed E-state index contributed by atoms with van der Waals surface area (Å²) in [5.41, 5.74) is 2.72. The largest absolute Gasteiger partial charge is 0.347 e. The van der Waals surface area contributed by atoms with Gasteiger partial charge in [0.2, 0.25) is 10.0 Å². The molecule has 1 amide bonds. The van der Waals surface area contributed by atoms with Crippen LogP contribution in [-0.2, 0) is 23.6 Å². The Morgan fingerprint density at radius 3 is 2.80 bits per heavy atom. The first-order valence-corrected chi connectivity index (χ1v) is 11.5. The molecule has 8 heteroatoms. The summed E-state index contributed by atoms with van der Waals surface area (Å²) in [5, 5.41) is 3.90. The van der Waals surface area contributed by atoms with E-state index in [0.717, 1.165) is 22.9 Å². The number of hydrogen-bond acceptors (Lipinski definition) is 4. The molecule has 0 unspecified atom stereocenters. The highest BCUT2D eigenvalue weighted by atomic mass is 32.2. The van der Waals surface area contributed by atoms with E-state index in [1.807, 2.05) is 30.3 Å². The molecule has 4 rings (SSSR count). The molecular weight excluding hydrogens is 400 g/mol. The SMILES string of the molecule is Cc1c(S(=O)(=O)N2CC[C@H](C)C2)cc(C(=O)NCc2cccc3ncccc23)n1C. The second-order valence-corrected chi connectivity index (χ2v) is 9.87. The van der Waals surface area contributed by atoms with Crippen LogP contribution in [0.2, 0.25) is 0 Å². The molecule has 7 nitrogen and oxygen atoms in total. The minimum absolute atomic E-state index is 0.207. The van der Waals surface area contributed by atoms with E-state index in [9.17, 15) is 13.2 Å². The second kappa shape index (κ2) is 7.85. The van der Waals surface area contributed by atoms with Crippen molar-refractivity contribution >= 4 is 26.8 Å². The van der Waals surface area contributed by atoms with Gasteiger partial charge in [0.1, 0.15) is 10.6 Å². The quantitative estimate of drug-likeness (QED) is 0.680. The molecule has 1 atom stereocenters. The Hall–Kier alpha value is -2.71. The number of nitrogens with one attached hydrogen (secondary N) is 1. The first-order chi connectivity index (χ1) is 14.3. The molecule has 0 aliphatic carbocycles. The molecule has 158 valence electrons. The Morgan fingerprint density at radius 1 is 1.27 bits per heavy atom. The number of benzene rings is 1. The molecule has 1 saturated heterocycles. The molecule has 0 spiro atoms. The second-order valence-electron chi connectivity index (χ2n) is 7.97. The molecule has 1 aromatic carbocycles. The smallest absolute Gasteiger partial charge is 0.268 e. The van der Waals surface area contributed by atoms with Crippen LogP contribution < -0.4 is 5.32 Å². The Morgan fingerprint density at radius 2 is 2.07 bits per heavy atom. The van der Waals surface area contributed by atoms with Crippen molar-refractivity contribution in [1.82, 2.24) is 19.2 Å².